The van der Waals surface area contributed by atoms with Crippen molar-refractivity contribution >= 4 is 0 Å². The minimum atomic E-state index is 0.674. The fourth-order valence-electron chi connectivity index (χ4n) is 3.41. The average molecular weight is 241 g/mol. The largest absolute Gasteiger partial charge is 0.311 e. The molecule has 1 heteroatoms. The molecule has 18 heavy (non-hydrogen) atoms. The molecule has 0 aromatic rings. The second-order valence-corrected chi connectivity index (χ2v) is 5.83. The third kappa shape index (κ3) is 3.02. The van der Waals surface area contributed by atoms with Gasteiger partial charge < -0.3 is 5.32 Å². The summed E-state index contributed by atoms with van der Waals surface area (Å²) in [5, 5.41) is 3.87. The molecule has 96 valence electrons. The van der Waals surface area contributed by atoms with E-state index in [9.17, 15) is 0 Å². The lowest BCUT2D eigenvalue weighted by Crippen LogP contribution is -2.43. The Labute approximate surface area is 110 Å². The van der Waals surface area contributed by atoms with Crippen LogP contribution in [0.15, 0.2) is 48.6 Å². The van der Waals surface area contributed by atoms with Crippen molar-refractivity contribution in [3.05, 3.63) is 48.6 Å². The molecule has 2 aliphatic carbocycles. The molecule has 1 aliphatic heterocycles. The first-order valence-electron chi connectivity index (χ1n) is 7.36. The summed E-state index contributed by atoms with van der Waals surface area (Å²) >= 11 is 0. The van der Waals surface area contributed by atoms with Gasteiger partial charge >= 0.3 is 0 Å². The van der Waals surface area contributed by atoms with Gasteiger partial charge in [-0.2, -0.15) is 0 Å². The summed E-state index contributed by atoms with van der Waals surface area (Å²) in [7, 11) is 0. The first-order chi connectivity index (χ1) is 8.90. The SMILES string of the molecule is C1=CC(CC2CCCC(CC3C=CC=C3)N2)C=C1. The molecule has 0 saturated carbocycles. The van der Waals surface area contributed by atoms with Crippen molar-refractivity contribution in [3.8, 4) is 0 Å². The predicted molar refractivity (Wildman–Crippen MR) is 77.3 cm³/mol. The topological polar surface area (TPSA) is 12.0 Å². The molecule has 0 radical (unpaired) electrons. The Balaban J connectivity index is 1.48. The van der Waals surface area contributed by atoms with Gasteiger partial charge in [0.1, 0.15) is 0 Å². The standard InChI is InChI=1S/C17H23N/c1-2-7-14(6-1)12-16-10-5-11-17(18-16)13-15-8-3-4-9-15/h1-4,6-9,14-18H,5,10-13H2. The van der Waals surface area contributed by atoms with E-state index in [1.807, 2.05) is 0 Å². The second kappa shape index (κ2) is 5.71. The van der Waals surface area contributed by atoms with Gasteiger partial charge in [-0.05, 0) is 37.5 Å². The number of rotatable bonds is 4. The van der Waals surface area contributed by atoms with Crippen LogP contribution < -0.4 is 5.32 Å². The van der Waals surface area contributed by atoms with Crippen LogP contribution in [0, 0.1) is 11.8 Å². The lowest BCUT2D eigenvalue weighted by Gasteiger charge is -2.33. The summed E-state index contributed by atoms with van der Waals surface area (Å²) in [6.45, 7) is 0. The molecule has 0 amide bonds. The molecular weight excluding hydrogens is 218 g/mol. The fourth-order valence-corrected chi connectivity index (χ4v) is 3.41. The first kappa shape index (κ1) is 12.0. The van der Waals surface area contributed by atoms with E-state index < -0.39 is 0 Å². The highest BCUT2D eigenvalue weighted by atomic mass is 15.0. The van der Waals surface area contributed by atoms with Gasteiger partial charge in [0.05, 0.1) is 0 Å². The third-order valence-electron chi connectivity index (χ3n) is 4.35. The van der Waals surface area contributed by atoms with Crippen LogP contribution >= 0.6 is 0 Å². The Hall–Kier alpha value is -1.08. The number of nitrogens with one attached hydrogen (secondary N) is 1. The maximum absolute atomic E-state index is 3.87. The van der Waals surface area contributed by atoms with Gasteiger partial charge in [-0.15, -0.1) is 0 Å². The summed E-state index contributed by atoms with van der Waals surface area (Å²) < 4.78 is 0. The van der Waals surface area contributed by atoms with Gasteiger partial charge in [0.2, 0.25) is 0 Å². The van der Waals surface area contributed by atoms with E-state index in [0.717, 1.165) is 12.1 Å². The fraction of sp³-hybridized carbons (Fsp3) is 0.529. The van der Waals surface area contributed by atoms with E-state index in [-0.39, 0.29) is 0 Å². The molecule has 0 aromatic heterocycles. The van der Waals surface area contributed by atoms with Crippen molar-refractivity contribution in [2.75, 3.05) is 0 Å². The maximum atomic E-state index is 3.87. The number of hydrogen-bond donors (Lipinski definition) is 1. The normalized spacial score (nSPS) is 31.8. The second-order valence-electron chi connectivity index (χ2n) is 5.83. The molecular formula is C17H23N. The smallest absolute Gasteiger partial charge is 0.00782 e. The molecule has 1 saturated heterocycles. The van der Waals surface area contributed by atoms with Crippen LogP contribution in [-0.2, 0) is 0 Å². The summed E-state index contributed by atoms with van der Waals surface area (Å²) in [6, 6.07) is 1.44. The lowest BCUT2D eigenvalue weighted by atomic mass is 9.88. The molecule has 1 N–H and O–H groups in total. The molecule has 0 aromatic carbocycles. The Bertz CT molecular complexity index is 328. The highest BCUT2D eigenvalue weighted by Gasteiger charge is 2.24. The van der Waals surface area contributed by atoms with Gasteiger partial charge in [-0.25, -0.2) is 0 Å². The Kier molecular flexibility index (Phi) is 3.80. The van der Waals surface area contributed by atoms with E-state index in [1.165, 1.54) is 32.1 Å². The third-order valence-corrected chi connectivity index (χ3v) is 4.35. The maximum Gasteiger partial charge on any atom is 0.00782 e. The van der Waals surface area contributed by atoms with Crippen LogP contribution in [0.2, 0.25) is 0 Å². The van der Waals surface area contributed by atoms with Gasteiger partial charge in [0.25, 0.3) is 0 Å². The molecule has 2 atom stereocenters. The summed E-state index contributed by atoms with van der Waals surface area (Å²) in [5.74, 6) is 1.35. The molecule has 1 heterocycles. The summed E-state index contributed by atoms with van der Waals surface area (Å²) in [5.41, 5.74) is 0. The zero-order valence-corrected chi connectivity index (χ0v) is 11.0. The predicted octanol–water partition coefficient (Wildman–Crippen LogP) is 3.76. The molecule has 2 unspecified atom stereocenters. The molecule has 1 nitrogen and oxygen atoms in total. The molecule has 3 rings (SSSR count). The highest BCUT2D eigenvalue weighted by molar-refractivity contribution is 5.19. The Morgan fingerprint density at radius 3 is 1.61 bits per heavy atom. The highest BCUT2D eigenvalue weighted by Crippen LogP contribution is 2.26. The monoisotopic (exact) mass is 241 g/mol. The Morgan fingerprint density at radius 2 is 1.17 bits per heavy atom. The van der Waals surface area contributed by atoms with E-state index in [2.05, 4.69) is 53.9 Å². The van der Waals surface area contributed by atoms with Crippen LogP contribution in [-0.4, -0.2) is 12.1 Å². The molecule has 1 fully saturated rings. The Morgan fingerprint density at radius 1 is 0.722 bits per heavy atom. The van der Waals surface area contributed by atoms with Gasteiger partial charge in [-0.1, -0.05) is 55.0 Å². The summed E-state index contributed by atoms with van der Waals surface area (Å²) in [4.78, 5) is 0. The minimum Gasteiger partial charge on any atom is -0.311 e. The van der Waals surface area contributed by atoms with Crippen LogP contribution in [0.4, 0.5) is 0 Å². The van der Waals surface area contributed by atoms with Gasteiger partial charge in [0, 0.05) is 12.1 Å². The van der Waals surface area contributed by atoms with Crippen LogP contribution in [0.3, 0.4) is 0 Å². The number of piperidine rings is 1. The van der Waals surface area contributed by atoms with Crippen molar-refractivity contribution in [2.45, 2.75) is 44.2 Å². The van der Waals surface area contributed by atoms with E-state index in [0.29, 0.717) is 11.8 Å². The van der Waals surface area contributed by atoms with E-state index in [4.69, 9.17) is 0 Å². The lowest BCUT2D eigenvalue weighted by molar-refractivity contribution is 0.281. The van der Waals surface area contributed by atoms with Crippen molar-refractivity contribution in [1.29, 1.82) is 0 Å². The number of hydrogen-bond acceptors (Lipinski definition) is 1. The van der Waals surface area contributed by atoms with Crippen molar-refractivity contribution in [1.82, 2.24) is 5.32 Å². The van der Waals surface area contributed by atoms with Crippen molar-refractivity contribution in [2.24, 2.45) is 11.8 Å². The van der Waals surface area contributed by atoms with E-state index >= 15 is 0 Å². The van der Waals surface area contributed by atoms with Crippen molar-refractivity contribution in [3.63, 3.8) is 0 Å². The number of allylic oxidation sites excluding steroid dienone is 8. The quantitative estimate of drug-likeness (QED) is 0.790. The van der Waals surface area contributed by atoms with Crippen LogP contribution in [0.25, 0.3) is 0 Å². The van der Waals surface area contributed by atoms with Crippen molar-refractivity contribution < 1.29 is 0 Å². The molecule has 0 spiro atoms. The van der Waals surface area contributed by atoms with Gasteiger partial charge in [0.15, 0.2) is 0 Å². The molecule has 0 bridgehead atoms. The zero-order chi connectivity index (χ0) is 12.2. The summed E-state index contributed by atoms with van der Waals surface area (Å²) in [6.07, 6.45) is 24.7. The average Bonchev–Trinajstić information content (AvgIpc) is 3.03. The molecule has 3 aliphatic rings. The van der Waals surface area contributed by atoms with Crippen LogP contribution in [0.1, 0.15) is 32.1 Å². The van der Waals surface area contributed by atoms with E-state index in [1.54, 1.807) is 0 Å². The zero-order valence-electron chi connectivity index (χ0n) is 11.0. The first-order valence-corrected chi connectivity index (χ1v) is 7.36. The minimum absolute atomic E-state index is 0.674. The van der Waals surface area contributed by atoms with Crippen LogP contribution in [0.5, 0.6) is 0 Å². The van der Waals surface area contributed by atoms with Gasteiger partial charge in [-0.3, -0.25) is 0 Å².